The molecule has 0 spiro atoms. The molecular formula is C14H27NO. The first kappa shape index (κ1) is 13.5. The summed E-state index contributed by atoms with van der Waals surface area (Å²) in [6.07, 6.45) is 9.17. The molecule has 0 aromatic heterocycles. The lowest BCUT2D eigenvalue weighted by molar-refractivity contribution is -0.136. The van der Waals surface area contributed by atoms with Gasteiger partial charge in [0, 0.05) is 18.5 Å². The Morgan fingerprint density at radius 3 is 2.38 bits per heavy atom. The first-order valence-corrected chi connectivity index (χ1v) is 7.01. The van der Waals surface area contributed by atoms with Crippen molar-refractivity contribution in [3.63, 3.8) is 0 Å². The van der Waals surface area contributed by atoms with Crippen LogP contribution >= 0.6 is 0 Å². The Balaban J connectivity index is 2.64. The van der Waals surface area contributed by atoms with E-state index in [0.717, 1.165) is 19.3 Å². The summed E-state index contributed by atoms with van der Waals surface area (Å²) < 4.78 is 0. The molecule has 0 radical (unpaired) electrons. The van der Waals surface area contributed by atoms with Crippen molar-refractivity contribution in [1.82, 2.24) is 4.90 Å². The lowest BCUT2D eigenvalue weighted by Gasteiger charge is -2.38. The fourth-order valence-corrected chi connectivity index (χ4v) is 2.71. The minimum absolute atomic E-state index is 0.378. The van der Waals surface area contributed by atoms with Gasteiger partial charge in [0.05, 0.1) is 0 Å². The molecule has 1 unspecified atom stereocenters. The molecule has 1 fully saturated rings. The fourth-order valence-electron chi connectivity index (χ4n) is 2.71. The van der Waals surface area contributed by atoms with Gasteiger partial charge in [-0.3, -0.25) is 4.79 Å². The summed E-state index contributed by atoms with van der Waals surface area (Å²) in [5.41, 5.74) is 0. The molecule has 0 aromatic carbocycles. The average molecular weight is 225 g/mol. The van der Waals surface area contributed by atoms with Crippen LogP contribution in [0.5, 0.6) is 0 Å². The molecule has 2 nitrogen and oxygen atoms in total. The van der Waals surface area contributed by atoms with Crippen molar-refractivity contribution in [2.75, 3.05) is 0 Å². The number of rotatable bonds is 5. The first-order chi connectivity index (χ1) is 7.70. The van der Waals surface area contributed by atoms with Crippen LogP contribution in [0, 0.1) is 0 Å². The Labute approximate surface area is 100 Å². The van der Waals surface area contributed by atoms with Crippen molar-refractivity contribution < 1.29 is 4.79 Å². The van der Waals surface area contributed by atoms with Crippen LogP contribution in [0.15, 0.2) is 0 Å². The van der Waals surface area contributed by atoms with Gasteiger partial charge in [-0.15, -0.1) is 0 Å². The van der Waals surface area contributed by atoms with Crippen molar-refractivity contribution in [3.05, 3.63) is 0 Å². The van der Waals surface area contributed by atoms with Crippen LogP contribution in [-0.2, 0) is 4.79 Å². The molecule has 1 amide bonds. The SMILES string of the molecule is CCCC(=O)N(C(C)CC)C1CCCCC1. The Morgan fingerprint density at radius 2 is 1.88 bits per heavy atom. The molecule has 94 valence electrons. The fraction of sp³-hybridized carbons (Fsp3) is 0.929. The molecule has 2 heteroatoms. The molecule has 0 aliphatic heterocycles. The topological polar surface area (TPSA) is 20.3 Å². The molecule has 0 aromatic rings. The standard InChI is InChI=1S/C14H27NO/c1-4-9-14(16)15(12(3)5-2)13-10-7-6-8-11-13/h12-13H,4-11H2,1-3H3. The highest BCUT2D eigenvalue weighted by molar-refractivity contribution is 5.76. The van der Waals surface area contributed by atoms with Gasteiger partial charge >= 0.3 is 0 Å². The largest absolute Gasteiger partial charge is 0.337 e. The normalized spacial score (nSPS) is 19.4. The Bertz CT molecular complexity index is 209. The maximum atomic E-state index is 12.2. The van der Waals surface area contributed by atoms with E-state index in [0.29, 0.717) is 18.0 Å². The number of nitrogens with zero attached hydrogens (tertiary/aromatic N) is 1. The number of hydrogen-bond acceptors (Lipinski definition) is 1. The molecule has 0 saturated heterocycles. The molecule has 1 saturated carbocycles. The zero-order valence-corrected chi connectivity index (χ0v) is 11.2. The second-order valence-electron chi connectivity index (χ2n) is 5.10. The Kier molecular flexibility index (Phi) is 5.86. The van der Waals surface area contributed by atoms with Crippen molar-refractivity contribution in [2.24, 2.45) is 0 Å². The molecule has 1 aliphatic rings. The molecule has 1 aliphatic carbocycles. The predicted octanol–water partition coefficient (Wildman–Crippen LogP) is 3.75. The number of carbonyl (C=O) groups is 1. The van der Waals surface area contributed by atoms with Crippen molar-refractivity contribution in [1.29, 1.82) is 0 Å². The monoisotopic (exact) mass is 225 g/mol. The molecule has 1 atom stereocenters. The third kappa shape index (κ3) is 3.50. The number of carbonyl (C=O) groups excluding carboxylic acids is 1. The zero-order chi connectivity index (χ0) is 12.0. The average Bonchev–Trinajstić information content (AvgIpc) is 2.31. The summed E-state index contributed by atoms with van der Waals surface area (Å²) in [4.78, 5) is 14.4. The lowest BCUT2D eigenvalue weighted by Crippen LogP contribution is -2.46. The van der Waals surface area contributed by atoms with Gasteiger partial charge in [0.25, 0.3) is 0 Å². The number of hydrogen-bond donors (Lipinski definition) is 0. The van der Waals surface area contributed by atoms with Crippen molar-refractivity contribution >= 4 is 5.91 Å². The van der Waals surface area contributed by atoms with Gasteiger partial charge in [-0.05, 0) is 32.6 Å². The van der Waals surface area contributed by atoms with E-state index in [1.165, 1.54) is 32.1 Å². The van der Waals surface area contributed by atoms with Crippen LogP contribution in [-0.4, -0.2) is 22.9 Å². The predicted molar refractivity (Wildman–Crippen MR) is 68.4 cm³/mol. The summed E-state index contributed by atoms with van der Waals surface area (Å²) in [5.74, 6) is 0.378. The van der Waals surface area contributed by atoms with Crippen molar-refractivity contribution in [3.8, 4) is 0 Å². The summed E-state index contributed by atoms with van der Waals surface area (Å²) in [5, 5.41) is 0. The molecule has 1 rings (SSSR count). The summed E-state index contributed by atoms with van der Waals surface area (Å²) in [6, 6.07) is 0.949. The second-order valence-corrected chi connectivity index (χ2v) is 5.10. The van der Waals surface area contributed by atoms with Gasteiger partial charge in [-0.1, -0.05) is 33.1 Å². The van der Waals surface area contributed by atoms with Crippen LogP contribution in [0.2, 0.25) is 0 Å². The van der Waals surface area contributed by atoms with E-state index in [4.69, 9.17) is 0 Å². The van der Waals surface area contributed by atoms with Gasteiger partial charge in [-0.2, -0.15) is 0 Å². The van der Waals surface area contributed by atoms with Gasteiger partial charge in [0.2, 0.25) is 5.91 Å². The van der Waals surface area contributed by atoms with Crippen LogP contribution in [0.3, 0.4) is 0 Å². The van der Waals surface area contributed by atoms with Crippen LogP contribution in [0.4, 0.5) is 0 Å². The van der Waals surface area contributed by atoms with E-state index in [1.807, 2.05) is 0 Å². The number of amides is 1. The minimum atomic E-state index is 0.378. The van der Waals surface area contributed by atoms with E-state index in [-0.39, 0.29) is 0 Å². The second kappa shape index (κ2) is 6.93. The van der Waals surface area contributed by atoms with Gasteiger partial charge in [0.1, 0.15) is 0 Å². The van der Waals surface area contributed by atoms with E-state index in [2.05, 4.69) is 25.7 Å². The maximum absolute atomic E-state index is 12.2. The van der Waals surface area contributed by atoms with Crippen LogP contribution in [0.1, 0.15) is 72.1 Å². The van der Waals surface area contributed by atoms with E-state index in [1.54, 1.807) is 0 Å². The van der Waals surface area contributed by atoms with Gasteiger partial charge < -0.3 is 4.90 Å². The highest BCUT2D eigenvalue weighted by Gasteiger charge is 2.27. The molecule has 0 bridgehead atoms. The van der Waals surface area contributed by atoms with E-state index < -0.39 is 0 Å². The van der Waals surface area contributed by atoms with Crippen LogP contribution in [0.25, 0.3) is 0 Å². The van der Waals surface area contributed by atoms with Crippen molar-refractivity contribution in [2.45, 2.75) is 84.2 Å². The first-order valence-electron chi connectivity index (χ1n) is 7.01. The smallest absolute Gasteiger partial charge is 0.223 e. The van der Waals surface area contributed by atoms with E-state index >= 15 is 0 Å². The Morgan fingerprint density at radius 1 is 1.25 bits per heavy atom. The maximum Gasteiger partial charge on any atom is 0.223 e. The van der Waals surface area contributed by atoms with E-state index in [9.17, 15) is 4.79 Å². The third-order valence-corrected chi connectivity index (χ3v) is 3.79. The minimum Gasteiger partial charge on any atom is -0.337 e. The molecular weight excluding hydrogens is 198 g/mol. The third-order valence-electron chi connectivity index (χ3n) is 3.79. The molecule has 0 heterocycles. The lowest BCUT2D eigenvalue weighted by atomic mass is 9.92. The highest BCUT2D eigenvalue weighted by Crippen LogP contribution is 2.25. The summed E-state index contributed by atoms with van der Waals surface area (Å²) in [6.45, 7) is 6.47. The Hall–Kier alpha value is -0.530. The van der Waals surface area contributed by atoms with Crippen LogP contribution < -0.4 is 0 Å². The highest BCUT2D eigenvalue weighted by atomic mass is 16.2. The zero-order valence-electron chi connectivity index (χ0n) is 11.2. The molecule has 0 N–H and O–H groups in total. The van der Waals surface area contributed by atoms with Gasteiger partial charge in [-0.25, -0.2) is 0 Å². The quantitative estimate of drug-likeness (QED) is 0.698. The van der Waals surface area contributed by atoms with Gasteiger partial charge in [0.15, 0.2) is 0 Å². The summed E-state index contributed by atoms with van der Waals surface area (Å²) in [7, 11) is 0. The molecule has 16 heavy (non-hydrogen) atoms. The summed E-state index contributed by atoms with van der Waals surface area (Å²) >= 11 is 0.